The molecular formula is C14H16N2O3. The van der Waals surface area contributed by atoms with Crippen molar-refractivity contribution < 1.29 is 14.7 Å². The third-order valence-electron chi connectivity index (χ3n) is 3.11. The van der Waals surface area contributed by atoms with Crippen LogP contribution in [0, 0.1) is 6.92 Å². The predicted octanol–water partition coefficient (Wildman–Crippen LogP) is 1.72. The first-order chi connectivity index (χ1) is 9.00. The van der Waals surface area contributed by atoms with Crippen molar-refractivity contribution in [2.45, 2.75) is 19.9 Å². The minimum atomic E-state index is -0.969. The topological polar surface area (TPSA) is 82.2 Å². The van der Waals surface area contributed by atoms with Crippen molar-refractivity contribution in [2.75, 3.05) is 6.54 Å². The van der Waals surface area contributed by atoms with E-state index in [4.69, 9.17) is 5.11 Å². The van der Waals surface area contributed by atoms with Crippen molar-refractivity contribution >= 4 is 22.7 Å². The second-order valence-corrected chi connectivity index (χ2v) is 4.53. The fourth-order valence-electron chi connectivity index (χ4n) is 2.06. The van der Waals surface area contributed by atoms with E-state index in [0.29, 0.717) is 5.56 Å². The minimum Gasteiger partial charge on any atom is -0.480 e. The predicted molar refractivity (Wildman–Crippen MR) is 72.5 cm³/mol. The molecule has 1 unspecified atom stereocenters. The van der Waals surface area contributed by atoms with Crippen LogP contribution in [0.1, 0.15) is 23.0 Å². The van der Waals surface area contributed by atoms with Crippen molar-refractivity contribution in [1.29, 1.82) is 0 Å². The molecule has 0 bridgehead atoms. The number of benzene rings is 1. The largest absolute Gasteiger partial charge is 0.480 e. The average molecular weight is 260 g/mol. The van der Waals surface area contributed by atoms with Gasteiger partial charge in [0.15, 0.2) is 5.78 Å². The maximum absolute atomic E-state index is 12.2. The Labute approximate surface area is 110 Å². The van der Waals surface area contributed by atoms with Crippen molar-refractivity contribution in [2.24, 2.45) is 0 Å². The lowest BCUT2D eigenvalue weighted by Gasteiger charge is -2.08. The number of para-hydroxylation sites is 1. The van der Waals surface area contributed by atoms with Crippen LogP contribution in [0.4, 0.5) is 0 Å². The molecule has 2 rings (SSSR count). The molecule has 0 aliphatic heterocycles. The number of rotatable bonds is 5. The summed E-state index contributed by atoms with van der Waals surface area (Å²) in [5.74, 6) is -1.08. The molecule has 1 atom stereocenters. The Kier molecular flexibility index (Phi) is 3.66. The molecule has 0 aliphatic carbocycles. The van der Waals surface area contributed by atoms with Gasteiger partial charge in [-0.15, -0.1) is 0 Å². The van der Waals surface area contributed by atoms with Crippen molar-refractivity contribution in [3.63, 3.8) is 0 Å². The van der Waals surface area contributed by atoms with Gasteiger partial charge in [-0.05, 0) is 19.9 Å². The number of carbonyl (C=O) groups excluding carboxylic acids is 1. The number of carboxylic acids is 1. The summed E-state index contributed by atoms with van der Waals surface area (Å²) in [4.78, 5) is 26.0. The van der Waals surface area contributed by atoms with E-state index in [1.807, 2.05) is 31.2 Å². The maximum Gasteiger partial charge on any atom is 0.320 e. The molecule has 0 amide bonds. The number of aromatic nitrogens is 1. The number of carbonyl (C=O) groups is 2. The van der Waals surface area contributed by atoms with Gasteiger partial charge in [0.25, 0.3) is 0 Å². The van der Waals surface area contributed by atoms with E-state index < -0.39 is 12.0 Å². The molecule has 19 heavy (non-hydrogen) atoms. The molecule has 5 heteroatoms. The molecule has 0 saturated carbocycles. The first kappa shape index (κ1) is 13.3. The Morgan fingerprint density at radius 1 is 1.37 bits per heavy atom. The van der Waals surface area contributed by atoms with E-state index in [0.717, 1.165) is 16.6 Å². The maximum atomic E-state index is 12.2. The summed E-state index contributed by atoms with van der Waals surface area (Å²) in [6.45, 7) is 3.36. The van der Waals surface area contributed by atoms with Crippen molar-refractivity contribution in [1.82, 2.24) is 10.3 Å². The molecule has 2 aromatic rings. The number of H-pyrrole nitrogens is 1. The molecule has 3 N–H and O–H groups in total. The van der Waals surface area contributed by atoms with Crippen molar-refractivity contribution in [3.05, 3.63) is 35.5 Å². The number of aliphatic carboxylic acids is 1. The normalized spacial score (nSPS) is 12.5. The van der Waals surface area contributed by atoms with Gasteiger partial charge in [-0.3, -0.25) is 14.9 Å². The number of aryl methyl sites for hydroxylation is 1. The zero-order valence-corrected chi connectivity index (χ0v) is 10.9. The van der Waals surface area contributed by atoms with E-state index in [1.54, 1.807) is 0 Å². The Balaban J connectivity index is 2.22. The number of nitrogens with one attached hydrogen (secondary N) is 2. The molecule has 1 heterocycles. The standard InChI is InChI=1S/C14H16N2O3/c1-8-13(10-5-3-4-6-11(10)16-8)12(17)7-15-9(2)14(18)19/h3-6,9,15-16H,7H2,1-2H3,(H,18,19). The smallest absolute Gasteiger partial charge is 0.320 e. The number of Topliss-reactive ketones (excluding diaryl/α,β-unsaturated/α-hetero) is 1. The fraction of sp³-hybridized carbons (Fsp3) is 0.286. The fourth-order valence-corrected chi connectivity index (χ4v) is 2.06. The lowest BCUT2D eigenvalue weighted by atomic mass is 10.1. The highest BCUT2D eigenvalue weighted by molar-refractivity contribution is 6.10. The zero-order valence-electron chi connectivity index (χ0n) is 10.9. The van der Waals surface area contributed by atoms with Crippen LogP contribution in [-0.4, -0.2) is 34.4 Å². The highest BCUT2D eigenvalue weighted by Gasteiger charge is 2.17. The lowest BCUT2D eigenvalue weighted by molar-refractivity contribution is -0.138. The van der Waals surface area contributed by atoms with Crippen LogP contribution in [0.15, 0.2) is 24.3 Å². The van der Waals surface area contributed by atoms with Crippen LogP contribution in [0.5, 0.6) is 0 Å². The van der Waals surface area contributed by atoms with Gasteiger partial charge in [0, 0.05) is 22.2 Å². The summed E-state index contributed by atoms with van der Waals surface area (Å²) < 4.78 is 0. The third kappa shape index (κ3) is 2.66. The monoisotopic (exact) mass is 260 g/mol. The number of carboxylic acid groups (broad SMARTS) is 1. The number of fused-ring (bicyclic) bond motifs is 1. The summed E-state index contributed by atoms with van der Waals surface area (Å²) in [7, 11) is 0. The van der Waals surface area contributed by atoms with E-state index in [2.05, 4.69) is 10.3 Å². The van der Waals surface area contributed by atoms with Gasteiger partial charge in [-0.25, -0.2) is 0 Å². The van der Waals surface area contributed by atoms with E-state index in [-0.39, 0.29) is 12.3 Å². The summed E-state index contributed by atoms with van der Waals surface area (Å²) in [5, 5.41) is 12.3. The van der Waals surface area contributed by atoms with Gasteiger partial charge in [0.2, 0.25) is 0 Å². The molecule has 0 fully saturated rings. The van der Waals surface area contributed by atoms with Gasteiger partial charge in [-0.2, -0.15) is 0 Å². The first-order valence-corrected chi connectivity index (χ1v) is 6.07. The van der Waals surface area contributed by atoms with Gasteiger partial charge in [-0.1, -0.05) is 18.2 Å². The summed E-state index contributed by atoms with van der Waals surface area (Å²) in [6, 6.07) is 6.82. The van der Waals surface area contributed by atoms with Crippen LogP contribution in [0.2, 0.25) is 0 Å². The molecule has 0 spiro atoms. The van der Waals surface area contributed by atoms with E-state index in [9.17, 15) is 9.59 Å². The molecule has 0 radical (unpaired) electrons. The SMILES string of the molecule is Cc1[nH]c2ccccc2c1C(=O)CNC(C)C(=O)O. The minimum absolute atomic E-state index is 0.0101. The third-order valence-corrected chi connectivity index (χ3v) is 3.11. The van der Waals surface area contributed by atoms with Crippen LogP contribution in [0.25, 0.3) is 10.9 Å². The highest BCUT2D eigenvalue weighted by atomic mass is 16.4. The van der Waals surface area contributed by atoms with Gasteiger partial charge in [0.05, 0.1) is 6.54 Å². The average Bonchev–Trinajstić information content (AvgIpc) is 2.71. The Hall–Kier alpha value is -2.14. The van der Waals surface area contributed by atoms with Crippen LogP contribution >= 0.6 is 0 Å². The molecule has 0 saturated heterocycles. The summed E-state index contributed by atoms with van der Waals surface area (Å²) in [5.41, 5.74) is 2.34. The Morgan fingerprint density at radius 2 is 2.05 bits per heavy atom. The highest BCUT2D eigenvalue weighted by Crippen LogP contribution is 2.21. The summed E-state index contributed by atoms with van der Waals surface area (Å²) in [6.07, 6.45) is 0. The molecule has 100 valence electrons. The van der Waals surface area contributed by atoms with Crippen LogP contribution < -0.4 is 5.32 Å². The Bertz CT molecular complexity index is 631. The second-order valence-electron chi connectivity index (χ2n) is 4.53. The molecule has 1 aromatic carbocycles. The Morgan fingerprint density at radius 3 is 2.74 bits per heavy atom. The quantitative estimate of drug-likeness (QED) is 0.715. The lowest BCUT2D eigenvalue weighted by Crippen LogP contribution is -2.37. The number of aromatic amines is 1. The molecule has 5 nitrogen and oxygen atoms in total. The van der Waals surface area contributed by atoms with Crippen LogP contribution in [0.3, 0.4) is 0 Å². The van der Waals surface area contributed by atoms with Gasteiger partial charge < -0.3 is 10.1 Å². The zero-order chi connectivity index (χ0) is 14.0. The molecular weight excluding hydrogens is 244 g/mol. The van der Waals surface area contributed by atoms with E-state index >= 15 is 0 Å². The number of hydrogen-bond acceptors (Lipinski definition) is 3. The van der Waals surface area contributed by atoms with Gasteiger partial charge >= 0.3 is 5.97 Å². The first-order valence-electron chi connectivity index (χ1n) is 6.07. The van der Waals surface area contributed by atoms with Crippen LogP contribution in [-0.2, 0) is 4.79 Å². The van der Waals surface area contributed by atoms with Gasteiger partial charge in [0.1, 0.15) is 6.04 Å². The number of ketones is 1. The summed E-state index contributed by atoms with van der Waals surface area (Å²) >= 11 is 0. The van der Waals surface area contributed by atoms with Crippen molar-refractivity contribution in [3.8, 4) is 0 Å². The second kappa shape index (κ2) is 5.24. The van der Waals surface area contributed by atoms with E-state index in [1.165, 1.54) is 6.92 Å². The molecule has 1 aromatic heterocycles. The molecule has 0 aliphatic rings. The number of hydrogen-bond donors (Lipinski definition) is 3.